The van der Waals surface area contributed by atoms with Crippen LogP contribution in [0.3, 0.4) is 0 Å². The van der Waals surface area contributed by atoms with Crippen LogP contribution in [0.25, 0.3) is 0 Å². The molecule has 1 aliphatic rings. The molecule has 1 fully saturated rings. The monoisotopic (exact) mass is 486 g/mol. The summed E-state index contributed by atoms with van der Waals surface area (Å²) in [4.78, 5) is 11.9. The zero-order chi connectivity index (χ0) is 25.2. The Morgan fingerprint density at radius 3 is 1.56 bits per heavy atom. The van der Waals surface area contributed by atoms with Crippen molar-refractivity contribution in [2.45, 2.75) is 57.5 Å². The highest BCUT2D eigenvalue weighted by molar-refractivity contribution is 5.66. The van der Waals surface area contributed by atoms with E-state index >= 15 is 0 Å². The molecule has 3 aromatic rings. The van der Waals surface area contributed by atoms with E-state index in [1.54, 1.807) is 0 Å². The molecular formula is C30H30O6. The fourth-order valence-electron chi connectivity index (χ4n) is 4.05. The first-order chi connectivity index (χ1) is 17.6. The molecule has 3 aromatic carbocycles. The van der Waals surface area contributed by atoms with Crippen molar-refractivity contribution in [3.8, 4) is 12.3 Å². The van der Waals surface area contributed by atoms with E-state index in [0.717, 1.165) is 16.7 Å². The molecule has 1 saturated heterocycles. The zero-order valence-electron chi connectivity index (χ0n) is 20.2. The normalized spacial score (nSPS) is 23.5. The molecular weight excluding hydrogens is 456 g/mol. The predicted molar refractivity (Wildman–Crippen MR) is 134 cm³/mol. The van der Waals surface area contributed by atoms with Crippen LogP contribution in [0, 0.1) is 12.3 Å². The van der Waals surface area contributed by atoms with Crippen LogP contribution in [0.4, 0.5) is 0 Å². The van der Waals surface area contributed by atoms with Crippen LogP contribution in [0.5, 0.6) is 0 Å². The van der Waals surface area contributed by atoms with Crippen molar-refractivity contribution in [3.05, 3.63) is 108 Å². The third-order valence-corrected chi connectivity index (χ3v) is 5.80. The highest BCUT2D eigenvalue weighted by Crippen LogP contribution is 2.31. The molecule has 6 heteroatoms. The Bertz CT molecular complexity index is 1110. The van der Waals surface area contributed by atoms with Gasteiger partial charge in [0.2, 0.25) is 6.29 Å². The minimum atomic E-state index is -1.05. The van der Waals surface area contributed by atoms with Gasteiger partial charge in [-0.15, -0.1) is 6.42 Å². The minimum absolute atomic E-state index is 0.268. The third-order valence-electron chi connectivity index (χ3n) is 5.80. The largest absolute Gasteiger partial charge is 0.433 e. The quantitative estimate of drug-likeness (QED) is 0.307. The van der Waals surface area contributed by atoms with Gasteiger partial charge < -0.3 is 23.7 Å². The molecule has 1 heterocycles. The first-order valence-corrected chi connectivity index (χ1v) is 11.9. The summed E-state index contributed by atoms with van der Waals surface area (Å²) in [6, 6.07) is 29.3. The van der Waals surface area contributed by atoms with Crippen LogP contribution in [0.1, 0.15) is 23.6 Å². The number of hydrogen-bond acceptors (Lipinski definition) is 6. The number of terminal acetylenes is 1. The van der Waals surface area contributed by atoms with E-state index < -0.39 is 36.7 Å². The molecule has 0 spiro atoms. The fourth-order valence-corrected chi connectivity index (χ4v) is 4.05. The molecule has 0 unspecified atom stereocenters. The second-order valence-electron chi connectivity index (χ2n) is 8.48. The van der Waals surface area contributed by atoms with E-state index in [2.05, 4.69) is 5.92 Å². The van der Waals surface area contributed by atoms with Crippen molar-refractivity contribution in [2.75, 3.05) is 0 Å². The summed E-state index contributed by atoms with van der Waals surface area (Å²) in [5, 5.41) is 0. The number of rotatable bonds is 10. The van der Waals surface area contributed by atoms with E-state index in [0.29, 0.717) is 13.2 Å². The lowest BCUT2D eigenvalue weighted by atomic mass is 9.98. The van der Waals surface area contributed by atoms with Crippen LogP contribution < -0.4 is 0 Å². The molecule has 0 amide bonds. The molecule has 0 bridgehead atoms. The van der Waals surface area contributed by atoms with Crippen molar-refractivity contribution in [2.24, 2.45) is 0 Å². The van der Waals surface area contributed by atoms with Gasteiger partial charge in [-0.1, -0.05) is 96.9 Å². The highest BCUT2D eigenvalue weighted by Gasteiger charge is 2.49. The van der Waals surface area contributed by atoms with Crippen LogP contribution >= 0.6 is 0 Å². The summed E-state index contributed by atoms with van der Waals surface area (Å²) in [5.74, 6) is 2.14. The number of carbonyl (C=O) groups excluding carboxylic acids is 1. The molecule has 0 aliphatic carbocycles. The van der Waals surface area contributed by atoms with E-state index in [1.807, 2.05) is 91.0 Å². The maximum atomic E-state index is 11.9. The maximum absolute atomic E-state index is 11.9. The van der Waals surface area contributed by atoms with Crippen molar-refractivity contribution in [1.29, 1.82) is 0 Å². The highest BCUT2D eigenvalue weighted by atomic mass is 16.7. The predicted octanol–water partition coefficient (Wildman–Crippen LogP) is 4.66. The first-order valence-electron chi connectivity index (χ1n) is 11.9. The topological polar surface area (TPSA) is 63.2 Å². The van der Waals surface area contributed by atoms with E-state index in [4.69, 9.17) is 30.1 Å². The van der Waals surface area contributed by atoms with Crippen LogP contribution in [-0.2, 0) is 48.3 Å². The van der Waals surface area contributed by atoms with Gasteiger partial charge in [0.25, 0.3) is 0 Å². The van der Waals surface area contributed by atoms with Crippen LogP contribution in [0.2, 0.25) is 0 Å². The lowest BCUT2D eigenvalue weighted by molar-refractivity contribution is -0.304. The number of ether oxygens (including phenoxy) is 5. The van der Waals surface area contributed by atoms with Gasteiger partial charge in [-0.05, 0) is 16.7 Å². The van der Waals surface area contributed by atoms with Gasteiger partial charge in [-0.25, -0.2) is 0 Å². The molecule has 6 nitrogen and oxygen atoms in total. The number of benzene rings is 3. The Kier molecular flexibility index (Phi) is 9.26. The molecule has 1 aliphatic heterocycles. The number of carbonyl (C=O) groups is 1. The van der Waals surface area contributed by atoms with Crippen molar-refractivity contribution in [1.82, 2.24) is 0 Å². The smallest absolute Gasteiger partial charge is 0.305 e. The van der Waals surface area contributed by atoms with Crippen molar-refractivity contribution in [3.63, 3.8) is 0 Å². The van der Waals surface area contributed by atoms with Gasteiger partial charge in [0.15, 0.2) is 6.10 Å². The Labute approximate surface area is 212 Å². The standard InChI is InChI=1S/C30H30O6/c1-3-26-27(32-19-23-13-7-4-8-14-23)28(33-20-24-15-9-5-10-16-24)29(30(36-26)35-22(2)31)34-21-25-17-11-6-12-18-25/h1,4-18,26-30H,19-21H2,2H3/t26-,27-,28+,29-,30+/m1/s1. The van der Waals surface area contributed by atoms with E-state index in [9.17, 15) is 4.79 Å². The molecule has 36 heavy (non-hydrogen) atoms. The Balaban J connectivity index is 1.61. The molecule has 4 rings (SSSR count). The summed E-state index contributed by atoms with van der Waals surface area (Å²) in [7, 11) is 0. The van der Waals surface area contributed by atoms with Gasteiger partial charge in [0, 0.05) is 6.92 Å². The maximum Gasteiger partial charge on any atom is 0.305 e. The average molecular weight is 487 g/mol. The van der Waals surface area contributed by atoms with Crippen molar-refractivity contribution < 1.29 is 28.5 Å². The van der Waals surface area contributed by atoms with Gasteiger partial charge in [-0.2, -0.15) is 0 Å². The summed E-state index contributed by atoms with van der Waals surface area (Å²) in [5.41, 5.74) is 2.93. The second kappa shape index (κ2) is 13.0. The minimum Gasteiger partial charge on any atom is -0.433 e. The van der Waals surface area contributed by atoms with Crippen LogP contribution in [0.15, 0.2) is 91.0 Å². The van der Waals surface area contributed by atoms with Gasteiger partial charge >= 0.3 is 5.97 Å². The van der Waals surface area contributed by atoms with E-state index in [1.165, 1.54) is 6.92 Å². The number of hydrogen-bond donors (Lipinski definition) is 0. The van der Waals surface area contributed by atoms with Crippen molar-refractivity contribution >= 4 is 5.97 Å². The molecule has 0 radical (unpaired) electrons. The molecule has 0 saturated carbocycles. The first kappa shape index (κ1) is 25.6. The lowest BCUT2D eigenvalue weighted by Gasteiger charge is -2.44. The Morgan fingerprint density at radius 1 is 0.722 bits per heavy atom. The summed E-state index contributed by atoms with van der Waals surface area (Å²) >= 11 is 0. The molecule has 5 atom stereocenters. The third kappa shape index (κ3) is 7.03. The fraction of sp³-hybridized carbons (Fsp3) is 0.300. The average Bonchev–Trinajstić information content (AvgIpc) is 2.91. The van der Waals surface area contributed by atoms with Gasteiger partial charge in [0.05, 0.1) is 19.8 Å². The van der Waals surface area contributed by atoms with E-state index in [-0.39, 0.29) is 6.61 Å². The summed E-state index contributed by atoms with van der Waals surface area (Å²) < 4.78 is 30.5. The Hall–Kier alpha value is -3.47. The number of esters is 1. The second-order valence-corrected chi connectivity index (χ2v) is 8.48. The van der Waals surface area contributed by atoms with Crippen LogP contribution in [-0.4, -0.2) is 36.7 Å². The Morgan fingerprint density at radius 2 is 1.14 bits per heavy atom. The molecule has 0 aromatic heterocycles. The molecule has 0 N–H and O–H groups in total. The summed E-state index contributed by atoms with van der Waals surface area (Å²) in [6.07, 6.45) is 1.88. The molecule has 186 valence electrons. The SMILES string of the molecule is C#C[C@H]1O[C@H](OC(C)=O)[C@H](OCc2ccccc2)[C@@H](OCc2ccccc2)[C@@H]1OCc1ccccc1. The van der Waals surface area contributed by atoms with Gasteiger partial charge in [0.1, 0.15) is 18.3 Å². The summed E-state index contributed by atoms with van der Waals surface area (Å²) in [6.45, 7) is 2.19. The zero-order valence-corrected chi connectivity index (χ0v) is 20.2. The lowest BCUT2D eigenvalue weighted by Crippen LogP contribution is -2.60. The van der Waals surface area contributed by atoms with Gasteiger partial charge in [-0.3, -0.25) is 4.79 Å².